The van der Waals surface area contributed by atoms with Crippen molar-refractivity contribution in [2.75, 3.05) is 11.4 Å². The highest BCUT2D eigenvalue weighted by Gasteiger charge is 2.22. The lowest BCUT2D eigenvalue weighted by molar-refractivity contribution is 0.318. The van der Waals surface area contributed by atoms with Crippen molar-refractivity contribution >= 4 is 17.3 Å². The monoisotopic (exact) mass is 291 g/mol. The highest BCUT2D eigenvalue weighted by molar-refractivity contribution is 6.03. The molecule has 2 rings (SSSR count). The summed E-state index contributed by atoms with van der Waals surface area (Å²) in [6.07, 6.45) is 0. The minimum absolute atomic E-state index is 0.0227. The number of aromatic nitrogens is 2. The van der Waals surface area contributed by atoms with Gasteiger partial charge in [0.25, 0.3) is 0 Å². The molecule has 0 unspecified atom stereocenters. The van der Waals surface area contributed by atoms with Crippen LogP contribution >= 0.6 is 0 Å². The normalized spacial score (nSPS) is 11.7. The lowest BCUT2D eigenvalue weighted by Gasteiger charge is -2.24. The van der Waals surface area contributed by atoms with Gasteiger partial charge in [-0.15, -0.1) is 0 Å². The van der Waals surface area contributed by atoms with Gasteiger partial charge in [-0.25, -0.2) is 4.39 Å². The van der Waals surface area contributed by atoms with Crippen LogP contribution in [-0.4, -0.2) is 27.4 Å². The van der Waals surface area contributed by atoms with Crippen LogP contribution in [-0.2, 0) is 7.05 Å². The Morgan fingerprint density at radius 2 is 2.24 bits per heavy atom. The number of anilines is 2. The molecule has 6 nitrogen and oxygen atoms in total. The summed E-state index contributed by atoms with van der Waals surface area (Å²) in [6, 6.07) is 6.25. The van der Waals surface area contributed by atoms with E-state index in [1.165, 1.54) is 12.1 Å². The van der Waals surface area contributed by atoms with E-state index in [4.69, 9.17) is 10.9 Å². The first-order valence-electron chi connectivity index (χ1n) is 6.54. The molecule has 0 aliphatic heterocycles. The summed E-state index contributed by atoms with van der Waals surface area (Å²) < 4.78 is 15.1. The fraction of sp³-hybridized carbons (Fsp3) is 0.286. The Morgan fingerprint density at radius 1 is 1.52 bits per heavy atom. The van der Waals surface area contributed by atoms with E-state index in [1.54, 1.807) is 30.8 Å². The molecule has 0 radical (unpaired) electrons. The first-order chi connectivity index (χ1) is 9.99. The average Bonchev–Trinajstić information content (AvgIpc) is 2.74. The second kappa shape index (κ2) is 5.82. The molecule has 0 bridgehead atoms. The number of rotatable bonds is 4. The molecule has 0 saturated heterocycles. The second-order valence-electron chi connectivity index (χ2n) is 4.62. The van der Waals surface area contributed by atoms with Crippen molar-refractivity contribution in [1.82, 2.24) is 9.78 Å². The van der Waals surface area contributed by atoms with E-state index in [0.29, 0.717) is 29.3 Å². The molecule has 0 aliphatic carbocycles. The molecule has 0 amide bonds. The second-order valence-corrected chi connectivity index (χ2v) is 4.62. The molecule has 0 saturated carbocycles. The third kappa shape index (κ3) is 2.67. The van der Waals surface area contributed by atoms with E-state index in [-0.39, 0.29) is 11.7 Å². The molecule has 0 atom stereocenters. The number of amidine groups is 1. The van der Waals surface area contributed by atoms with Crippen molar-refractivity contribution in [3.63, 3.8) is 0 Å². The zero-order valence-corrected chi connectivity index (χ0v) is 12.2. The third-order valence-electron chi connectivity index (χ3n) is 3.25. The van der Waals surface area contributed by atoms with Crippen molar-refractivity contribution < 1.29 is 9.60 Å². The third-order valence-corrected chi connectivity index (χ3v) is 3.25. The number of hydrogen-bond acceptors (Lipinski definition) is 4. The van der Waals surface area contributed by atoms with Gasteiger partial charge in [0.1, 0.15) is 11.6 Å². The van der Waals surface area contributed by atoms with E-state index in [2.05, 4.69) is 10.3 Å². The lowest BCUT2D eigenvalue weighted by Crippen LogP contribution is -2.24. The Balaban J connectivity index is 2.63. The predicted octanol–water partition coefficient (Wildman–Crippen LogP) is 2.12. The fourth-order valence-corrected chi connectivity index (χ4v) is 2.40. The molecular weight excluding hydrogens is 273 g/mol. The molecule has 3 N–H and O–H groups in total. The molecule has 1 aromatic heterocycles. The predicted molar refractivity (Wildman–Crippen MR) is 79.5 cm³/mol. The molecule has 2 aromatic rings. The molecule has 7 heteroatoms. The standard InChI is InChI=1S/C14H18FN5O/c1-4-20(11-7-5-6-10(15)8-11)14-12(13(16)18-21)9(2)17-19(14)3/h5-8,21H,4H2,1-3H3,(H2,16,18). The number of halogens is 1. The molecule has 1 heterocycles. The first kappa shape index (κ1) is 14.8. The van der Waals surface area contributed by atoms with Crippen LogP contribution < -0.4 is 10.6 Å². The molecule has 1 aromatic carbocycles. The Labute approximate surface area is 122 Å². The van der Waals surface area contributed by atoms with Crippen LogP contribution in [0.5, 0.6) is 0 Å². The van der Waals surface area contributed by atoms with Crippen LogP contribution in [0.25, 0.3) is 0 Å². The van der Waals surface area contributed by atoms with Crippen molar-refractivity contribution in [3.05, 3.63) is 41.3 Å². The van der Waals surface area contributed by atoms with Gasteiger partial charge in [-0.2, -0.15) is 5.10 Å². The van der Waals surface area contributed by atoms with E-state index >= 15 is 0 Å². The van der Waals surface area contributed by atoms with E-state index in [9.17, 15) is 4.39 Å². The summed E-state index contributed by atoms with van der Waals surface area (Å²) >= 11 is 0. The highest BCUT2D eigenvalue weighted by Crippen LogP contribution is 2.30. The lowest BCUT2D eigenvalue weighted by atomic mass is 10.2. The first-order valence-corrected chi connectivity index (χ1v) is 6.54. The van der Waals surface area contributed by atoms with Crippen molar-refractivity contribution in [2.24, 2.45) is 17.9 Å². The van der Waals surface area contributed by atoms with Gasteiger partial charge in [-0.05, 0) is 32.0 Å². The molecule has 21 heavy (non-hydrogen) atoms. The fourth-order valence-electron chi connectivity index (χ4n) is 2.40. The zero-order chi connectivity index (χ0) is 15.6. The van der Waals surface area contributed by atoms with Crippen molar-refractivity contribution in [2.45, 2.75) is 13.8 Å². The van der Waals surface area contributed by atoms with Gasteiger partial charge in [-0.1, -0.05) is 11.2 Å². The number of oxime groups is 1. The summed E-state index contributed by atoms with van der Waals surface area (Å²) in [5.41, 5.74) is 7.60. The van der Waals surface area contributed by atoms with Gasteiger partial charge in [0.2, 0.25) is 0 Å². The molecule has 0 aliphatic rings. The largest absolute Gasteiger partial charge is 0.409 e. The van der Waals surface area contributed by atoms with Crippen LogP contribution in [0, 0.1) is 12.7 Å². The Bertz CT molecular complexity index is 680. The van der Waals surface area contributed by atoms with Gasteiger partial charge in [0, 0.05) is 19.3 Å². The van der Waals surface area contributed by atoms with Gasteiger partial charge in [0.05, 0.1) is 11.3 Å². The zero-order valence-electron chi connectivity index (χ0n) is 12.2. The smallest absolute Gasteiger partial charge is 0.175 e. The Kier molecular flexibility index (Phi) is 4.11. The van der Waals surface area contributed by atoms with Crippen LogP contribution in [0.3, 0.4) is 0 Å². The van der Waals surface area contributed by atoms with Crippen LogP contribution in [0.15, 0.2) is 29.4 Å². The van der Waals surface area contributed by atoms with Gasteiger partial charge >= 0.3 is 0 Å². The van der Waals surface area contributed by atoms with E-state index in [1.807, 2.05) is 11.8 Å². The van der Waals surface area contributed by atoms with Gasteiger partial charge in [-0.3, -0.25) is 4.68 Å². The minimum Gasteiger partial charge on any atom is -0.409 e. The summed E-state index contributed by atoms with van der Waals surface area (Å²) in [4.78, 5) is 1.86. The topological polar surface area (TPSA) is 79.7 Å². The van der Waals surface area contributed by atoms with E-state index in [0.717, 1.165) is 0 Å². The molecular formula is C14H18FN5O. The molecule has 112 valence electrons. The number of benzene rings is 1. The van der Waals surface area contributed by atoms with Crippen LogP contribution in [0.1, 0.15) is 18.2 Å². The molecule has 0 fully saturated rings. The van der Waals surface area contributed by atoms with Crippen molar-refractivity contribution in [1.29, 1.82) is 0 Å². The Hall–Kier alpha value is -2.57. The summed E-state index contributed by atoms with van der Waals surface area (Å²) in [7, 11) is 1.76. The van der Waals surface area contributed by atoms with Crippen molar-refractivity contribution in [3.8, 4) is 0 Å². The maximum absolute atomic E-state index is 13.5. The molecule has 0 spiro atoms. The maximum Gasteiger partial charge on any atom is 0.175 e. The minimum atomic E-state index is -0.324. The Morgan fingerprint density at radius 3 is 2.81 bits per heavy atom. The van der Waals surface area contributed by atoms with Crippen LogP contribution in [0.2, 0.25) is 0 Å². The number of nitrogens with two attached hydrogens (primary N) is 1. The summed E-state index contributed by atoms with van der Waals surface area (Å²) in [6.45, 7) is 4.29. The quantitative estimate of drug-likeness (QED) is 0.391. The maximum atomic E-state index is 13.5. The average molecular weight is 291 g/mol. The number of aryl methyl sites for hydroxylation is 2. The van der Waals surface area contributed by atoms with E-state index < -0.39 is 0 Å². The number of nitrogens with zero attached hydrogens (tertiary/aromatic N) is 4. The number of hydrogen-bond donors (Lipinski definition) is 2. The highest BCUT2D eigenvalue weighted by atomic mass is 19.1. The summed E-state index contributed by atoms with van der Waals surface area (Å²) in [5.74, 6) is 0.302. The SMILES string of the molecule is CCN(c1cccc(F)c1)c1c(C(N)=NO)c(C)nn1C. The van der Waals surface area contributed by atoms with Gasteiger partial charge < -0.3 is 15.8 Å². The van der Waals surface area contributed by atoms with Crippen LogP contribution in [0.4, 0.5) is 15.9 Å². The van der Waals surface area contributed by atoms with Gasteiger partial charge in [0.15, 0.2) is 5.84 Å². The summed E-state index contributed by atoms with van der Waals surface area (Å²) in [5, 5.41) is 16.3.